The first-order valence-electron chi connectivity index (χ1n) is 9.81. The number of esters is 2. The highest BCUT2D eigenvalue weighted by Gasteiger charge is 2.41. The highest BCUT2D eigenvalue weighted by atomic mass is 16.7. The Morgan fingerprint density at radius 2 is 1.58 bits per heavy atom. The van der Waals surface area contributed by atoms with Crippen molar-refractivity contribution in [3.05, 3.63) is 65.5 Å². The third-order valence-corrected chi connectivity index (χ3v) is 4.54. The van der Waals surface area contributed by atoms with E-state index < -0.39 is 17.7 Å². The van der Waals surface area contributed by atoms with E-state index in [0.29, 0.717) is 30.2 Å². The van der Waals surface area contributed by atoms with Gasteiger partial charge in [-0.2, -0.15) is 0 Å². The molecule has 2 aromatic carbocycles. The topological polar surface area (TPSA) is 95.1 Å². The number of hydrogen-bond acceptors (Lipinski definition) is 8. The monoisotopic (exact) mass is 426 g/mol. The van der Waals surface area contributed by atoms with E-state index in [4.69, 9.17) is 18.9 Å². The Bertz CT molecular complexity index is 963. The van der Waals surface area contributed by atoms with Crippen LogP contribution >= 0.6 is 0 Å². The van der Waals surface area contributed by atoms with Gasteiger partial charge in [-0.1, -0.05) is 24.3 Å². The second kappa shape index (κ2) is 9.42. The van der Waals surface area contributed by atoms with E-state index in [1.807, 2.05) is 48.5 Å². The van der Waals surface area contributed by atoms with Gasteiger partial charge in [-0.05, 0) is 36.2 Å². The first-order chi connectivity index (χ1) is 14.8. The standard InChI is InChI=1S/C23H26N2O6/c1-23(2)30-21(26)19(22(27)31-23)20(25-16-8-6-5-7-9-16)24-13-12-15-10-11-17(28-3)18(14-15)29-4/h5-11,14,24-25H,12-13H2,1-4H3. The van der Waals surface area contributed by atoms with Crippen molar-refractivity contribution in [2.24, 2.45) is 0 Å². The van der Waals surface area contributed by atoms with E-state index in [1.165, 1.54) is 13.8 Å². The largest absolute Gasteiger partial charge is 0.493 e. The van der Waals surface area contributed by atoms with Gasteiger partial charge in [-0.3, -0.25) is 0 Å². The lowest BCUT2D eigenvalue weighted by Crippen LogP contribution is -2.44. The maximum atomic E-state index is 12.5. The third kappa shape index (κ3) is 5.48. The Morgan fingerprint density at radius 3 is 2.19 bits per heavy atom. The highest BCUT2D eigenvalue weighted by molar-refractivity contribution is 6.16. The van der Waals surface area contributed by atoms with Gasteiger partial charge in [-0.25, -0.2) is 9.59 Å². The fourth-order valence-corrected chi connectivity index (χ4v) is 3.09. The summed E-state index contributed by atoms with van der Waals surface area (Å²) in [4.78, 5) is 25.1. The summed E-state index contributed by atoms with van der Waals surface area (Å²) in [5.41, 5.74) is 1.48. The summed E-state index contributed by atoms with van der Waals surface area (Å²) in [7, 11) is 3.16. The lowest BCUT2D eigenvalue weighted by atomic mass is 10.1. The third-order valence-electron chi connectivity index (χ3n) is 4.54. The van der Waals surface area contributed by atoms with Crippen molar-refractivity contribution in [1.82, 2.24) is 5.32 Å². The van der Waals surface area contributed by atoms with Crippen molar-refractivity contribution >= 4 is 17.6 Å². The predicted octanol–water partition coefficient (Wildman–Crippen LogP) is 3.00. The molecular formula is C23H26N2O6. The van der Waals surface area contributed by atoms with Gasteiger partial charge in [0.25, 0.3) is 5.79 Å². The molecule has 3 rings (SSSR count). The zero-order valence-corrected chi connectivity index (χ0v) is 18.0. The lowest BCUT2D eigenvalue weighted by molar-refractivity contribution is -0.222. The van der Waals surface area contributed by atoms with Crippen LogP contribution in [0.25, 0.3) is 0 Å². The molecule has 2 N–H and O–H groups in total. The van der Waals surface area contributed by atoms with Crippen molar-refractivity contribution in [2.75, 3.05) is 26.1 Å². The number of methoxy groups -OCH3 is 2. The Labute approximate surface area is 181 Å². The molecule has 2 aromatic rings. The Balaban J connectivity index is 1.81. The minimum absolute atomic E-state index is 0.213. The first kappa shape index (κ1) is 22.0. The van der Waals surface area contributed by atoms with Crippen LogP contribution < -0.4 is 20.1 Å². The minimum Gasteiger partial charge on any atom is -0.493 e. The van der Waals surface area contributed by atoms with Gasteiger partial charge in [-0.15, -0.1) is 0 Å². The molecule has 0 aromatic heterocycles. The maximum Gasteiger partial charge on any atom is 0.352 e. The summed E-state index contributed by atoms with van der Waals surface area (Å²) >= 11 is 0. The van der Waals surface area contributed by atoms with Crippen molar-refractivity contribution in [2.45, 2.75) is 26.1 Å². The van der Waals surface area contributed by atoms with Gasteiger partial charge in [0.2, 0.25) is 0 Å². The first-order valence-corrected chi connectivity index (χ1v) is 9.81. The molecular weight excluding hydrogens is 400 g/mol. The Hall–Kier alpha value is -3.68. The summed E-state index contributed by atoms with van der Waals surface area (Å²) in [5.74, 6) is -1.32. The Morgan fingerprint density at radius 1 is 0.935 bits per heavy atom. The molecule has 8 heteroatoms. The molecule has 0 atom stereocenters. The molecule has 0 spiro atoms. The van der Waals surface area contributed by atoms with Crippen LogP contribution in [0, 0.1) is 0 Å². The van der Waals surface area contributed by atoms with Crippen molar-refractivity contribution < 1.29 is 28.5 Å². The number of rotatable bonds is 8. The lowest BCUT2D eigenvalue weighted by Gasteiger charge is -2.31. The SMILES string of the molecule is COc1ccc(CCNC(Nc2ccccc2)=C2C(=O)OC(C)(C)OC2=O)cc1OC. The smallest absolute Gasteiger partial charge is 0.352 e. The molecule has 1 aliphatic heterocycles. The van der Waals surface area contributed by atoms with Crippen LogP contribution in [-0.4, -0.2) is 38.5 Å². The number of anilines is 1. The number of cyclic esters (lactones) is 2. The molecule has 0 amide bonds. The van der Waals surface area contributed by atoms with Crippen LogP contribution in [0.4, 0.5) is 5.69 Å². The van der Waals surface area contributed by atoms with Crippen LogP contribution in [0.3, 0.4) is 0 Å². The number of nitrogens with one attached hydrogen (secondary N) is 2. The van der Waals surface area contributed by atoms with E-state index in [9.17, 15) is 9.59 Å². The maximum absolute atomic E-state index is 12.5. The molecule has 0 saturated carbocycles. The molecule has 0 unspecified atom stereocenters. The van der Waals surface area contributed by atoms with Crippen molar-refractivity contribution in [3.63, 3.8) is 0 Å². The molecule has 1 heterocycles. The van der Waals surface area contributed by atoms with Gasteiger partial charge in [0.05, 0.1) is 14.2 Å². The molecule has 164 valence electrons. The van der Waals surface area contributed by atoms with E-state index in [-0.39, 0.29) is 11.4 Å². The molecule has 8 nitrogen and oxygen atoms in total. The number of para-hydroxylation sites is 1. The summed E-state index contributed by atoms with van der Waals surface area (Å²) in [6.07, 6.45) is 0.600. The average molecular weight is 426 g/mol. The van der Waals surface area contributed by atoms with Crippen LogP contribution in [0.1, 0.15) is 19.4 Å². The summed E-state index contributed by atoms with van der Waals surface area (Å²) in [6, 6.07) is 14.8. The number of ether oxygens (including phenoxy) is 4. The van der Waals surface area contributed by atoms with Gasteiger partial charge in [0, 0.05) is 26.1 Å². The van der Waals surface area contributed by atoms with Crippen LogP contribution in [0.15, 0.2) is 59.9 Å². The molecule has 0 radical (unpaired) electrons. The zero-order chi connectivity index (χ0) is 22.4. The van der Waals surface area contributed by atoms with Crippen molar-refractivity contribution in [3.8, 4) is 11.5 Å². The second-order valence-electron chi connectivity index (χ2n) is 7.29. The summed E-state index contributed by atoms with van der Waals surface area (Å²) in [6.45, 7) is 3.45. The number of benzene rings is 2. The number of carbonyl (C=O) groups is 2. The molecule has 0 aliphatic carbocycles. The summed E-state index contributed by atoms with van der Waals surface area (Å²) in [5, 5.41) is 6.22. The molecule has 1 fully saturated rings. The van der Waals surface area contributed by atoms with E-state index in [0.717, 1.165) is 5.56 Å². The van der Waals surface area contributed by atoms with Crippen LogP contribution in [0.5, 0.6) is 11.5 Å². The van der Waals surface area contributed by atoms with E-state index in [2.05, 4.69) is 10.6 Å². The predicted molar refractivity (Wildman–Crippen MR) is 115 cm³/mol. The van der Waals surface area contributed by atoms with Gasteiger partial charge in [0.15, 0.2) is 17.1 Å². The Kier molecular flexibility index (Phi) is 6.69. The van der Waals surface area contributed by atoms with Gasteiger partial charge in [0.1, 0.15) is 5.82 Å². The van der Waals surface area contributed by atoms with Gasteiger partial charge >= 0.3 is 11.9 Å². The van der Waals surface area contributed by atoms with Crippen molar-refractivity contribution in [1.29, 1.82) is 0 Å². The molecule has 1 aliphatic rings. The highest BCUT2D eigenvalue weighted by Crippen LogP contribution is 2.28. The van der Waals surface area contributed by atoms with Crippen LogP contribution in [-0.2, 0) is 25.5 Å². The normalized spacial score (nSPS) is 14.9. The van der Waals surface area contributed by atoms with E-state index in [1.54, 1.807) is 14.2 Å². The molecule has 0 bridgehead atoms. The molecule has 1 saturated heterocycles. The quantitative estimate of drug-likeness (QED) is 0.378. The van der Waals surface area contributed by atoms with Gasteiger partial charge < -0.3 is 29.6 Å². The minimum atomic E-state index is -1.31. The fourth-order valence-electron chi connectivity index (χ4n) is 3.09. The number of hydrogen-bond donors (Lipinski definition) is 2. The fraction of sp³-hybridized carbons (Fsp3) is 0.304. The summed E-state index contributed by atoms with van der Waals surface area (Å²) < 4.78 is 21.1. The molecule has 31 heavy (non-hydrogen) atoms. The number of carbonyl (C=O) groups excluding carboxylic acids is 2. The zero-order valence-electron chi connectivity index (χ0n) is 18.0. The van der Waals surface area contributed by atoms with Crippen LogP contribution in [0.2, 0.25) is 0 Å². The van der Waals surface area contributed by atoms with E-state index >= 15 is 0 Å². The average Bonchev–Trinajstić information content (AvgIpc) is 2.72. The second-order valence-corrected chi connectivity index (χ2v) is 7.29.